The van der Waals surface area contributed by atoms with Crippen LogP contribution in [0.4, 0.5) is 5.69 Å². The van der Waals surface area contributed by atoms with E-state index in [1.807, 2.05) is 24.3 Å². The van der Waals surface area contributed by atoms with Crippen LogP contribution in [0.5, 0.6) is 0 Å². The Morgan fingerprint density at radius 3 is 2.69 bits per heavy atom. The van der Waals surface area contributed by atoms with Gasteiger partial charge in [-0.3, -0.25) is 0 Å². The second-order valence-electron chi connectivity index (χ2n) is 4.53. The molecule has 0 saturated heterocycles. The summed E-state index contributed by atoms with van der Waals surface area (Å²) in [5, 5.41) is 3.53. The van der Waals surface area contributed by atoms with Crippen molar-refractivity contribution in [2.75, 3.05) is 5.32 Å². The van der Waals surface area contributed by atoms with E-state index in [0.717, 1.165) is 17.2 Å². The molecule has 1 aromatic carbocycles. The first-order valence-electron chi connectivity index (χ1n) is 5.84. The molecule has 0 bridgehead atoms. The number of hydrogen-bond acceptors (Lipinski definition) is 2. The number of nitrogens with two attached hydrogens (primary N) is 1. The molecule has 0 aliphatic heterocycles. The third-order valence-corrected chi connectivity index (χ3v) is 3.65. The van der Waals surface area contributed by atoms with Crippen LogP contribution in [-0.2, 0) is 0 Å². The fraction of sp³-hybridized carbons (Fsp3) is 0.462. The monoisotopic (exact) mass is 234 g/mol. The molecule has 0 radical (unpaired) electrons. The summed E-state index contributed by atoms with van der Waals surface area (Å²) in [5.74, 6) is 0.805. The molecule has 3 N–H and O–H groups in total. The molecule has 1 aliphatic rings. The van der Waals surface area contributed by atoms with Crippen molar-refractivity contribution in [3.8, 4) is 0 Å². The second-order valence-corrected chi connectivity index (χ2v) is 4.97. The average Bonchev–Trinajstić information content (AvgIpc) is 2.15. The number of hydrogen-bond donors (Lipinski definition) is 2. The van der Waals surface area contributed by atoms with E-state index < -0.39 is 0 Å². The molecule has 2 nitrogen and oxygen atoms in total. The molecule has 1 atom stereocenters. The van der Waals surface area contributed by atoms with Crippen LogP contribution in [0.1, 0.15) is 31.7 Å². The molecule has 1 unspecified atom stereocenters. The van der Waals surface area contributed by atoms with Crippen molar-refractivity contribution in [3.05, 3.63) is 29.8 Å². The quantitative estimate of drug-likeness (QED) is 0.787. The highest BCUT2D eigenvalue weighted by Gasteiger charge is 2.24. The first kappa shape index (κ1) is 11.4. The van der Waals surface area contributed by atoms with Crippen LogP contribution in [0.25, 0.3) is 0 Å². The summed E-state index contributed by atoms with van der Waals surface area (Å²) < 4.78 is 0. The predicted molar refractivity (Wildman–Crippen MR) is 72.8 cm³/mol. The minimum Gasteiger partial charge on any atom is -0.389 e. The van der Waals surface area contributed by atoms with Crippen LogP contribution >= 0.6 is 12.2 Å². The summed E-state index contributed by atoms with van der Waals surface area (Å²) in [6, 6.07) is 8.50. The van der Waals surface area contributed by atoms with Crippen LogP contribution in [-0.4, -0.2) is 11.0 Å². The Labute approximate surface area is 102 Å². The Morgan fingerprint density at radius 1 is 1.44 bits per heavy atom. The van der Waals surface area contributed by atoms with Gasteiger partial charge in [0.25, 0.3) is 0 Å². The molecule has 2 rings (SSSR count). The van der Waals surface area contributed by atoms with Crippen molar-refractivity contribution < 1.29 is 0 Å². The van der Waals surface area contributed by atoms with E-state index in [9.17, 15) is 0 Å². The van der Waals surface area contributed by atoms with E-state index in [2.05, 4.69) is 12.2 Å². The zero-order chi connectivity index (χ0) is 11.5. The fourth-order valence-corrected chi connectivity index (χ4v) is 2.30. The van der Waals surface area contributed by atoms with E-state index in [1.165, 1.54) is 19.3 Å². The summed E-state index contributed by atoms with van der Waals surface area (Å²) in [5.41, 5.74) is 7.72. The average molecular weight is 234 g/mol. The number of anilines is 1. The highest BCUT2D eigenvalue weighted by atomic mass is 32.1. The summed E-state index contributed by atoms with van der Waals surface area (Å²) in [6.07, 6.45) is 4.04. The van der Waals surface area contributed by atoms with E-state index in [-0.39, 0.29) is 0 Å². The lowest BCUT2D eigenvalue weighted by atomic mass is 9.80. The van der Waals surface area contributed by atoms with Crippen LogP contribution in [0.2, 0.25) is 0 Å². The number of benzene rings is 1. The minimum absolute atomic E-state index is 0.462. The molecule has 3 heteroatoms. The SMILES string of the molecule is CC(Nc1ccccc1C(N)=S)C1CCC1. The van der Waals surface area contributed by atoms with Crippen molar-refractivity contribution >= 4 is 22.9 Å². The standard InChI is InChI=1S/C13H18N2S/c1-9(10-5-4-6-10)15-12-8-3-2-7-11(12)13(14)16/h2-3,7-10,15H,4-6H2,1H3,(H2,14,16). The Bertz CT molecular complexity index is 385. The van der Waals surface area contributed by atoms with Gasteiger partial charge in [-0.2, -0.15) is 0 Å². The van der Waals surface area contributed by atoms with Crippen molar-refractivity contribution in [2.45, 2.75) is 32.2 Å². The Kier molecular flexibility index (Phi) is 3.44. The number of thiocarbonyl (C=S) groups is 1. The third-order valence-electron chi connectivity index (χ3n) is 3.43. The van der Waals surface area contributed by atoms with Gasteiger partial charge in [0.05, 0.1) is 0 Å². The zero-order valence-electron chi connectivity index (χ0n) is 9.57. The van der Waals surface area contributed by atoms with Gasteiger partial charge >= 0.3 is 0 Å². The van der Waals surface area contributed by atoms with Crippen LogP contribution in [0, 0.1) is 5.92 Å². The summed E-state index contributed by atoms with van der Waals surface area (Å²) in [7, 11) is 0. The van der Waals surface area contributed by atoms with Crippen molar-refractivity contribution in [2.24, 2.45) is 11.7 Å². The second kappa shape index (κ2) is 4.83. The van der Waals surface area contributed by atoms with Gasteiger partial charge in [0, 0.05) is 17.3 Å². The molecule has 16 heavy (non-hydrogen) atoms. The van der Waals surface area contributed by atoms with Crippen LogP contribution < -0.4 is 11.1 Å². The molecule has 0 amide bonds. The van der Waals surface area contributed by atoms with Gasteiger partial charge in [0.1, 0.15) is 4.99 Å². The van der Waals surface area contributed by atoms with E-state index >= 15 is 0 Å². The normalized spacial score (nSPS) is 17.6. The molecular weight excluding hydrogens is 216 g/mol. The van der Waals surface area contributed by atoms with Gasteiger partial charge < -0.3 is 11.1 Å². The Balaban J connectivity index is 2.10. The largest absolute Gasteiger partial charge is 0.389 e. The van der Waals surface area contributed by atoms with Gasteiger partial charge in [-0.15, -0.1) is 0 Å². The lowest BCUT2D eigenvalue weighted by molar-refractivity contribution is 0.285. The molecule has 86 valence electrons. The van der Waals surface area contributed by atoms with E-state index in [0.29, 0.717) is 11.0 Å². The molecule has 1 aliphatic carbocycles. The summed E-state index contributed by atoms with van der Waals surface area (Å²) in [6.45, 7) is 2.24. The van der Waals surface area contributed by atoms with Crippen LogP contribution in [0.15, 0.2) is 24.3 Å². The van der Waals surface area contributed by atoms with Gasteiger partial charge in [0.2, 0.25) is 0 Å². The third kappa shape index (κ3) is 2.35. The molecule has 0 spiro atoms. The van der Waals surface area contributed by atoms with Crippen molar-refractivity contribution in [1.29, 1.82) is 0 Å². The lowest BCUT2D eigenvalue weighted by Crippen LogP contribution is -2.31. The zero-order valence-corrected chi connectivity index (χ0v) is 10.4. The van der Waals surface area contributed by atoms with Crippen molar-refractivity contribution in [1.82, 2.24) is 0 Å². The van der Waals surface area contributed by atoms with E-state index in [1.54, 1.807) is 0 Å². The minimum atomic E-state index is 0.462. The van der Waals surface area contributed by atoms with Crippen molar-refractivity contribution in [3.63, 3.8) is 0 Å². The Hall–Kier alpha value is -1.09. The highest BCUT2D eigenvalue weighted by molar-refractivity contribution is 7.80. The first-order chi connectivity index (χ1) is 7.68. The molecule has 0 heterocycles. The molecule has 1 saturated carbocycles. The Morgan fingerprint density at radius 2 is 2.12 bits per heavy atom. The lowest BCUT2D eigenvalue weighted by Gasteiger charge is -2.33. The van der Waals surface area contributed by atoms with Gasteiger partial charge in [-0.05, 0) is 37.8 Å². The maximum atomic E-state index is 5.70. The van der Waals surface area contributed by atoms with E-state index in [4.69, 9.17) is 18.0 Å². The molecule has 1 aromatic rings. The van der Waals surface area contributed by atoms with Gasteiger partial charge in [-0.25, -0.2) is 0 Å². The van der Waals surface area contributed by atoms with Crippen LogP contribution in [0.3, 0.4) is 0 Å². The number of nitrogens with one attached hydrogen (secondary N) is 1. The molecular formula is C13H18N2S. The predicted octanol–water partition coefficient (Wildman–Crippen LogP) is 2.92. The summed E-state index contributed by atoms with van der Waals surface area (Å²) in [4.78, 5) is 0.462. The summed E-state index contributed by atoms with van der Waals surface area (Å²) >= 11 is 5.05. The molecule has 0 aromatic heterocycles. The molecule has 1 fully saturated rings. The maximum Gasteiger partial charge on any atom is 0.106 e. The maximum absolute atomic E-state index is 5.70. The topological polar surface area (TPSA) is 38.0 Å². The number of rotatable bonds is 4. The smallest absolute Gasteiger partial charge is 0.106 e. The number of para-hydroxylation sites is 1. The van der Waals surface area contributed by atoms with Gasteiger partial charge in [-0.1, -0.05) is 30.8 Å². The first-order valence-corrected chi connectivity index (χ1v) is 6.24. The van der Waals surface area contributed by atoms with Gasteiger partial charge in [0.15, 0.2) is 0 Å². The fourth-order valence-electron chi connectivity index (χ4n) is 2.13. The highest BCUT2D eigenvalue weighted by Crippen LogP contribution is 2.31.